The lowest BCUT2D eigenvalue weighted by Gasteiger charge is -2.13. The van der Waals surface area contributed by atoms with E-state index in [0.29, 0.717) is 11.3 Å². The molecule has 0 radical (unpaired) electrons. The van der Waals surface area contributed by atoms with Gasteiger partial charge in [-0.2, -0.15) is 0 Å². The number of amides is 1. The summed E-state index contributed by atoms with van der Waals surface area (Å²) in [5, 5.41) is 15.7. The van der Waals surface area contributed by atoms with Crippen molar-refractivity contribution in [1.82, 2.24) is 14.9 Å². The molecule has 1 amide bonds. The Kier molecular flexibility index (Phi) is 4.82. The maximum Gasteiger partial charge on any atom is 0.265 e. The highest BCUT2D eigenvalue weighted by Crippen LogP contribution is 2.19. The predicted molar refractivity (Wildman–Crippen MR) is 62.6 cm³/mol. The number of nitrogens with zero attached hydrogens (tertiary/aromatic N) is 2. The van der Waals surface area contributed by atoms with Crippen LogP contribution in [-0.2, 0) is 0 Å². The molecule has 5 nitrogen and oxygen atoms in total. The number of hydrogen-bond donors (Lipinski definition) is 2. The summed E-state index contributed by atoms with van der Waals surface area (Å²) in [4.78, 5) is 12.4. The zero-order valence-electron chi connectivity index (χ0n) is 9.73. The molecule has 0 spiro atoms. The Morgan fingerprint density at radius 2 is 2.25 bits per heavy atom. The molecule has 0 bridgehead atoms. The molecular formula is C10H17N3O2S. The molecule has 1 aromatic rings. The van der Waals surface area contributed by atoms with Crippen LogP contribution in [0.1, 0.15) is 48.5 Å². The molecule has 0 fully saturated rings. The van der Waals surface area contributed by atoms with Gasteiger partial charge < -0.3 is 10.4 Å². The molecule has 0 aliphatic heterocycles. The number of rotatable bonds is 5. The molecule has 90 valence electrons. The molecule has 0 aromatic carbocycles. The van der Waals surface area contributed by atoms with Gasteiger partial charge in [-0.3, -0.25) is 4.79 Å². The summed E-state index contributed by atoms with van der Waals surface area (Å²) in [6, 6.07) is -0.199. The summed E-state index contributed by atoms with van der Waals surface area (Å²) in [6.45, 7) is 5.80. The first-order valence-corrected chi connectivity index (χ1v) is 6.11. The Morgan fingerprint density at radius 1 is 1.56 bits per heavy atom. The van der Waals surface area contributed by atoms with E-state index >= 15 is 0 Å². The van der Waals surface area contributed by atoms with E-state index in [-0.39, 0.29) is 24.5 Å². The monoisotopic (exact) mass is 243 g/mol. The van der Waals surface area contributed by atoms with Crippen LogP contribution in [0.15, 0.2) is 0 Å². The van der Waals surface area contributed by atoms with E-state index in [4.69, 9.17) is 5.11 Å². The lowest BCUT2D eigenvalue weighted by Crippen LogP contribution is -2.37. The normalized spacial score (nSPS) is 12.8. The molecule has 0 aliphatic rings. The molecule has 0 saturated carbocycles. The molecule has 6 heteroatoms. The summed E-state index contributed by atoms with van der Waals surface area (Å²) in [5.74, 6) is -0.0201. The molecule has 1 heterocycles. The third-order valence-corrected chi connectivity index (χ3v) is 3.06. The van der Waals surface area contributed by atoms with Crippen molar-refractivity contribution >= 4 is 17.4 Å². The molecule has 1 atom stereocenters. The maximum absolute atomic E-state index is 11.9. The molecule has 1 rings (SSSR count). The molecule has 0 saturated heterocycles. The highest BCUT2D eigenvalue weighted by atomic mass is 32.1. The van der Waals surface area contributed by atoms with Crippen LogP contribution in [-0.4, -0.2) is 33.2 Å². The van der Waals surface area contributed by atoms with Crippen molar-refractivity contribution in [3.63, 3.8) is 0 Å². The first-order chi connectivity index (χ1) is 7.60. The van der Waals surface area contributed by atoms with Gasteiger partial charge in [-0.1, -0.05) is 25.3 Å². The van der Waals surface area contributed by atoms with E-state index in [1.165, 1.54) is 0 Å². The maximum atomic E-state index is 11.9. The van der Waals surface area contributed by atoms with E-state index < -0.39 is 0 Å². The lowest BCUT2D eigenvalue weighted by atomic mass is 10.1. The second kappa shape index (κ2) is 5.91. The van der Waals surface area contributed by atoms with Gasteiger partial charge in [0.25, 0.3) is 5.91 Å². The highest BCUT2D eigenvalue weighted by molar-refractivity contribution is 7.08. The number of hydrogen-bond acceptors (Lipinski definition) is 5. The third kappa shape index (κ3) is 2.99. The molecule has 2 N–H and O–H groups in total. The average molecular weight is 243 g/mol. The van der Waals surface area contributed by atoms with Crippen LogP contribution in [0, 0.1) is 0 Å². The predicted octanol–water partition coefficient (Wildman–Crippen LogP) is 1.16. The summed E-state index contributed by atoms with van der Waals surface area (Å²) in [5.41, 5.74) is 0.718. The van der Waals surface area contributed by atoms with Crippen molar-refractivity contribution in [2.24, 2.45) is 0 Å². The van der Waals surface area contributed by atoms with Gasteiger partial charge in [0.15, 0.2) is 0 Å². The van der Waals surface area contributed by atoms with Crippen molar-refractivity contribution in [2.75, 3.05) is 6.61 Å². The fourth-order valence-electron chi connectivity index (χ4n) is 1.26. The second-order valence-electron chi connectivity index (χ2n) is 3.90. The molecule has 16 heavy (non-hydrogen) atoms. The van der Waals surface area contributed by atoms with Crippen molar-refractivity contribution < 1.29 is 9.90 Å². The van der Waals surface area contributed by atoms with Gasteiger partial charge in [0.1, 0.15) is 4.88 Å². The fraction of sp³-hybridized carbons (Fsp3) is 0.700. The van der Waals surface area contributed by atoms with Crippen LogP contribution < -0.4 is 5.32 Å². The van der Waals surface area contributed by atoms with Crippen LogP contribution in [0.2, 0.25) is 0 Å². The third-order valence-electron chi connectivity index (χ3n) is 2.31. The molecule has 0 aliphatic carbocycles. The number of aliphatic hydroxyl groups excluding tert-OH is 1. The second-order valence-corrected chi connectivity index (χ2v) is 4.66. The summed E-state index contributed by atoms with van der Waals surface area (Å²) < 4.78 is 3.79. The number of carbonyl (C=O) groups is 1. The summed E-state index contributed by atoms with van der Waals surface area (Å²) >= 11 is 1.09. The minimum absolute atomic E-state index is 0.0501. The van der Waals surface area contributed by atoms with Crippen molar-refractivity contribution in [3.05, 3.63) is 10.6 Å². The minimum atomic E-state index is -0.199. The first kappa shape index (κ1) is 13.1. The Balaban J connectivity index is 2.76. The number of carbonyl (C=O) groups excluding carboxylic acids is 1. The number of aliphatic hydroxyl groups is 1. The van der Waals surface area contributed by atoms with Gasteiger partial charge in [0, 0.05) is 0 Å². The highest BCUT2D eigenvalue weighted by Gasteiger charge is 2.20. The van der Waals surface area contributed by atoms with E-state index in [1.54, 1.807) is 0 Å². The first-order valence-electron chi connectivity index (χ1n) is 5.34. The number of aromatic nitrogens is 2. The summed E-state index contributed by atoms with van der Waals surface area (Å²) in [6.07, 6.45) is 0.700. The smallest absolute Gasteiger partial charge is 0.265 e. The van der Waals surface area contributed by atoms with Crippen molar-refractivity contribution in [1.29, 1.82) is 0 Å². The Morgan fingerprint density at radius 3 is 2.75 bits per heavy atom. The standard InChI is InChI=1S/C10H17N3O2S/c1-4-7(5-14)11-10(15)9-8(6(2)3)12-13-16-9/h6-7,14H,4-5H2,1-3H3,(H,11,15). The van der Waals surface area contributed by atoms with E-state index in [0.717, 1.165) is 17.2 Å². The Bertz CT molecular complexity index is 348. The van der Waals surface area contributed by atoms with Crippen molar-refractivity contribution in [3.8, 4) is 0 Å². The van der Waals surface area contributed by atoms with Crippen LogP contribution in [0.3, 0.4) is 0 Å². The minimum Gasteiger partial charge on any atom is -0.394 e. The van der Waals surface area contributed by atoms with E-state index in [1.807, 2.05) is 20.8 Å². The summed E-state index contributed by atoms with van der Waals surface area (Å²) in [7, 11) is 0. The Hall–Kier alpha value is -1.01. The van der Waals surface area contributed by atoms with Gasteiger partial charge in [-0.25, -0.2) is 0 Å². The topological polar surface area (TPSA) is 75.1 Å². The average Bonchev–Trinajstić information content (AvgIpc) is 2.74. The SMILES string of the molecule is CCC(CO)NC(=O)c1snnc1C(C)C. The van der Waals surface area contributed by atoms with Gasteiger partial charge in [0.05, 0.1) is 18.3 Å². The van der Waals surface area contributed by atoms with E-state index in [2.05, 4.69) is 14.9 Å². The van der Waals surface area contributed by atoms with Crippen LogP contribution in [0.5, 0.6) is 0 Å². The Labute approximate surface area is 99.0 Å². The quantitative estimate of drug-likeness (QED) is 0.813. The van der Waals surface area contributed by atoms with Crippen LogP contribution >= 0.6 is 11.5 Å². The van der Waals surface area contributed by atoms with Gasteiger partial charge in [-0.05, 0) is 23.9 Å². The largest absolute Gasteiger partial charge is 0.394 e. The zero-order chi connectivity index (χ0) is 12.1. The molecule has 1 unspecified atom stereocenters. The molecule has 1 aromatic heterocycles. The van der Waals surface area contributed by atoms with Gasteiger partial charge in [0.2, 0.25) is 0 Å². The van der Waals surface area contributed by atoms with Crippen molar-refractivity contribution in [2.45, 2.75) is 39.2 Å². The van der Waals surface area contributed by atoms with E-state index in [9.17, 15) is 4.79 Å². The molecular weight excluding hydrogens is 226 g/mol. The number of nitrogens with one attached hydrogen (secondary N) is 1. The lowest BCUT2D eigenvalue weighted by molar-refractivity contribution is 0.0917. The van der Waals surface area contributed by atoms with Gasteiger partial charge in [-0.15, -0.1) is 5.10 Å². The zero-order valence-corrected chi connectivity index (χ0v) is 10.5. The van der Waals surface area contributed by atoms with Crippen LogP contribution in [0.25, 0.3) is 0 Å². The fourth-order valence-corrected chi connectivity index (χ4v) is 1.98. The van der Waals surface area contributed by atoms with Gasteiger partial charge >= 0.3 is 0 Å². The van der Waals surface area contributed by atoms with Crippen LogP contribution in [0.4, 0.5) is 0 Å².